The molecule has 1 aromatic carbocycles. The zero-order chi connectivity index (χ0) is 16.7. The van der Waals surface area contributed by atoms with Crippen LogP contribution in [0.25, 0.3) is 0 Å². The highest BCUT2D eigenvalue weighted by atomic mass is 19.1. The van der Waals surface area contributed by atoms with Crippen LogP contribution >= 0.6 is 0 Å². The zero-order valence-electron chi connectivity index (χ0n) is 12.9. The summed E-state index contributed by atoms with van der Waals surface area (Å²) in [6.45, 7) is 4.82. The Labute approximate surface area is 134 Å². The summed E-state index contributed by atoms with van der Waals surface area (Å²) in [6, 6.07) is 4.04. The van der Waals surface area contributed by atoms with E-state index in [1.165, 1.54) is 18.2 Å². The van der Waals surface area contributed by atoms with Gasteiger partial charge in [-0.15, -0.1) is 0 Å². The van der Waals surface area contributed by atoms with E-state index in [0.717, 1.165) is 31.9 Å². The van der Waals surface area contributed by atoms with Crippen LogP contribution in [0.1, 0.15) is 25.7 Å². The first kappa shape index (κ1) is 17.1. The molecule has 5 nitrogen and oxygen atoms in total. The van der Waals surface area contributed by atoms with Crippen molar-refractivity contribution in [3.63, 3.8) is 0 Å². The van der Waals surface area contributed by atoms with Gasteiger partial charge in [0.25, 0.3) is 0 Å². The normalized spacial score (nSPS) is 17.3. The summed E-state index contributed by atoms with van der Waals surface area (Å²) in [5.74, 6) is -0.796. The molecular formula is C17H21FN2O3. The molecule has 6 heteroatoms. The zero-order valence-corrected chi connectivity index (χ0v) is 12.9. The smallest absolute Gasteiger partial charge is 0.247 e. The fourth-order valence-corrected chi connectivity index (χ4v) is 2.48. The van der Waals surface area contributed by atoms with Crippen molar-refractivity contribution in [3.05, 3.63) is 36.7 Å². The molecule has 1 unspecified atom stereocenters. The monoisotopic (exact) mass is 320 g/mol. The van der Waals surface area contributed by atoms with Crippen molar-refractivity contribution in [3.8, 4) is 0 Å². The van der Waals surface area contributed by atoms with Gasteiger partial charge in [0.15, 0.2) is 0 Å². The summed E-state index contributed by atoms with van der Waals surface area (Å²) in [5, 5.41) is 5.07. The van der Waals surface area contributed by atoms with E-state index in [9.17, 15) is 14.0 Å². The topological polar surface area (TPSA) is 67.4 Å². The minimum absolute atomic E-state index is 0.00776. The lowest BCUT2D eigenvalue weighted by atomic mass is 9.97. The molecule has 23 heavy (non-hydrogen) atoms. The van der Waals surface area contributed by atoms with Crippen molar-refractivity contribution in [1.82, 2.24) is 0 Å². The molecule has 0 radical (unpaired) electrons. The molecule has 124 valence electrons. The van der Waals surface area contributed by atoms with Gasteiger partial charge in [0.2, 0.25) is 11.8 Å². The number of hydrogen-bond acceptors (Lipinski definition) is 3. The molecule has 2 N–H and O–H groups in total. The first-order valence-corrected chi connectivity index (χ1v) is 7.69. The van der Waals surface area contributed by atoms with Crippen molar-refractivity contribution in [1.29, 1.82) is 0 Å². The highest BCUT2D eigenvalue weighted by molar-refractivity contribution is 5.99. The second-order valence-corrected chi connectivity index (χ2v) is 5.56. The van der Waals surface area contributed by atoms with Gasteiger partial charge in [-0.3, -0.25) is 9.59 Å². The van der Waals surface area contributed by atoms with Gasteiger partial charge in [0, 0.05) is 25.3 Å². The number of nitrogens with one attached hydrogen (secondary N) is 2. The molecule has 0 aliphatic carbocycles. The van der Waals surface area contributed by atoms with E-state index in [0.29, 0.717) is 24.6 Å². The summed E-state index contributed by atoms with van der Waals surface area (Å²) >= 11 is 0. The standard InChI is InChI=1S/C17H21FN2O3/c1-2-16(21)20-15-10-13(6-7-14(15)18)19-17(22)8-5-12-4-3-9-23-11-12/h2,6-7,10,12H,1,3-5,8-9,11H2,(H,19,22)(H,20,21). The Kier molecular flexibility index (Phi) is 6.29. The summed E-state index contributed by atoms with van der Waals surface area (Å²) in [6.07, 6.45) is 4.34. The van der Waals surface area contributed by atoms with Crippen LogP contribution in [-0.4, -0.2) is 25.0 Å². The lowest BCUT2D eigenvalue weighted by Gasteiger charge is -2.21. The molecule has 0 saturated carbocycles. The molecule has 1 aromatic rings. The minimum Gasteiger partial charge on any atom is -0.381 e. The lowest BCUT2D eigenvalue weighted by Crippen LogP contribution is -2.20. The van der Waals surface area contributed by atoms with Crippen molar-refractivity contribution in [2.45, 2.75) is 25.7 Å². The molecule has 1 atom stereocenters. The number of anilines is 2. The van der Waals surface area contributed by atoms with E-state index in [2.05, 4.69) is 17.2 Å². The third-order valence-electron chi connectivity index (χ3n) is 3.73. The number of ether oxygens (including phenoxy) is 1. The molecule has 1 heterocycles. The number of carbonyl (C=O) groups excluding carboxylic acids is 2. The van der Waals surface area contributed by atoms with Gasteiger partial charge in [-0.05, 0) is 49.5 Å². The van der Waals surface area contributed by atoms with Crippen LogP contribution in [0.4, 0.5) is 15.8 Å². The number of rotatable bonds is 6. The molecule has 0 aromatic heterocycles. The second kappa shape index (κ2) is 8.43. The SMILES string of the molecule is C=CC(=O)Nc1cc(NC(=O)CCC2CCCOC2)ccc1F. The number of halogens is 1. The van der Waals surface area contributed by atoms with E-state index >= 15 is 0 Å². The number of hydrogen-bond donors (Lipinski definition) is 2. The Morgan fingerprint density at radius 3 is 2.91 bits per heavy atom. The predicted octanol–water partition coefficient (Wildman–Crippen LogP) is 3.10. The second-order valence-electron chi connectivity index (χ2n) is 5.56. The van der Waals surface area contributed by atoms with Crippen molar-refractivity contribution in [2.24, 2.45) is 5.92 Å². The average molecular weight is 320 g/mol. The summed E-state index contributed by atoms with van der Waals surface area (Å²) < 4.78 is 19.0. The van der Waals surface area contributed by atoms with Gasteiger partial charge >= 0.3 is 0 Å². The molecule has 1 aliphatic rings. The Morgan fingerprint density at radius 1 is 1.39 bits per heavy atom. The third kappa shape index (κ3) is 5.49. The Hall–Kier alpha value is -2.21. The first-order chi connectivity index (χ1) is 11.1. The van der Waals surface area contributed by atoms with Crippen molar-refractivity contribution in [2.75, 3.05) is 23.8 Å². The molecular weight excluding hydrogens is 299 g/mol. The van der Waals surface area contributed by atoms with Crippen LogP contribution in [0.3, 0.4) is 0 Å². The molecule has 1 aliphatic heterocycles. The quantitative estimate of drug-likeness (QED) is 0.792. The minimum atomic E-state index is -0.572. The van der Waals surface area contributed by atoms with E-state index in [4.69, 9.17) is 4.74 Å². The van der Waals surface area contributed by atoms with Gasteiger partial charge in [0.05, 0.1) is 5.69 Å². The maximum atomic E-state index is 13.6. The maximum absolute atomic E-state index is 13.6. The van der Waals surface area contributed by atoms with E-state index in [1.807, 2.05) is 0 Å². The highest BCUT2D eigenvalue weighted by Crippen LogP contribution is 2.21. The number of carbonyl (C=O) groups is 2. The van der Waals surface area contributed by atoms with Crippen LogP contribution in [0.2, 0.25) is 0 Å². The molecule has 2 amide bonds. The molecule has 1 saturated heterocycles. The van der Waals surface area contributed by atoms with Gasteiger partial charge < -0.3 is 15.4 Å². The summed E-state index contributed by atoms with van der Waals surface area (Å²) in [4.78, 5) is 23.2. The number of amides is 2. The molecule has 0 spiro atoms. The summed E-state index contributed by atoms with van der Waals surface area (Å²) in [7, 11) is 0. The van der Waals surface area contributed by atoms with Crippen LogP contribution in [0.15, 0.2) is 30.9 Å². The van der Waals surface area contributed by atoms with Crippen molar-refractivity contribution >= 4 is 23.2 Å². The molecule has 0 bridgehead atoms. The fourth-order valence-electron chi connectivity index (χ4n) is 2.48. The molecule has 1 fully saturated rings. The van der Waals surface area contributed by atoms with Crippen LogP contribution in [-0.2, 0) is 14.3 Å². The first-order valence-electron chi connectivity index (χ1n) is 7.69. The number of benzene rings is 1. The van der Waals surface area contributed by atoms with Crippen molar-refractivity contribution < 1.29 is 18.7 Å². The predicted molar refractivity (Wildman–Crippen MR) is 86.6 cm³/mol. The van der Waals surface area contributed by atoms with Crippen LogP contribution in [0.5, 0.6) is 0 Å². The van der Waals surface area contributed by atoms with E-state index in [1.54, 1.807) is 0 Å². The van der Waals surface area contributed by atoms with Gasteiger partial charge in [-0.2, -0.15) is 0 Å². The Balaban J connectivity index is 1.88. The van der Waals surface area contributed by atoms with E-state index in [-0.39, 0.29) is 11.6 Å². The Morgan fingerprint density at radius 2 is 2.22 bits per heavy atom. The Bertz CT molecular complexity index is 583. The van der Waals surface area contributed by atoms with Gasteiger partial charge in [-0.1, -0.05) is 6.58 Å². The highest BCUT2D eigenvalue weighted by Gasteiger charge is 2.15. The van der Waals surface area contributed by atoms with E-state index < -0.39 is 11.7 Å². The third-order valence-corrected chi connectivity index (χ3v) is 3.73. The maximum Gasteiger partial charge on any atom is 0.247 e. The summed E-state index contributed by atoms with van der Waals surface area (Å²) in [5.41, 5.74) is 0.448. The fraction of sp³-hybridized carbons (Fsp3) is 0.412. The lowest BCUT2D eigenvalue weighted by molar-refractivity contribution is -0.116. The van der Waals surface area contributed by atoms with Gasteiger partial charge in [0.1, 0.15) is 5.82 Å². The average Bonchev–Trinajstić information content (AvgIpc) is 2.57. The van der Waals surface area contributed by atoms with Crippen LogP contribution < -0.4 is 10.6 Å². The largest absolute Gasteiger partial charge is 0.381 e. The molecule has 2 rings (SSSR count). The van der Waals surface area contributed by atoms with Gasteiger partial charge in [-0.25, -0.2) is 4.39 Å². The van der Waals surface area contributed by atoms with Crippen LogP contribution in [0, 0.1) is 11.7 Å².